The Morgan fingerprint density at radius 2 is 1.68 bits per heavy atom. The van der Waals surface area contributed by atoms with Gasteiger partial charge >= 0.3 is 5.97 Å². The molecule has 5 nitrogen and oxygen atoms in total. The SMILES string of the molecule is CC(=O)Nc1ccc(CC(=O)OCCCOc2ccc(F)cc2)cc1. The van der Waals surface area contributed by atoms with E-state index in [9.17, 15) is 14.0 Å². The maximum absolute atomic E-state index is 12.7. The van der Waals surface area contributed by atoms with E-state index in [2.05, 4.69) is 5.32 Å². The van der Waals surface area contributed by atoms with Crippen LogP contribution in [0.15, 0.2) is 48.5 Å². The summed E-state index contributed by atoms with van der Waals surface area (Å²) in [4.78, 5) is 22.7. The summed E-state index contributed by atoms with van der Waals surface area (Å²) in [5.41, 5.74) is 1.49. The van der Waals surface area contributed by atoms with Crippen molar-refractivity contribution in [3.8, 4) is 5.75 Å². The summed E-state index contributed by atoms with van der Waals surface area (Å²) in [6, 6.07) is 12.8. The fourth-order valence-corrected chi connectivity index (χ4v) is 2.09. The number of nitrogens with one attached hydrogen (secondary N) is 1. The van der Waals surface area contributed by atoms with Crippen LogP contribution in [0.5, 0.6) is 5.75 Å². The average Bonchev–Trinajstić information content (AvgIpc) is 2.57. The number of rotatable bonds is 8. The highest BCUT2D eigenvalue weighted by Crippen LogP contribution is 2.12. The van der Waals surface area contributed by atoms with Crippen LogP contribution >= 0.6 is 0 Å². The molecular formula is C19H20FNO4. The molecule has 0 saturated heterocycles. The lowest BCUT2D eigenvalue weighted by Crippen LogP contribution is -2.11. The molecule has 0 saturated carbocycles. The zero-order valence-corrected chi connectivity index (χ0v) is 14.0. The smallest absolute Gasteiger partial charge is 0.310 e. The van der Waals surface area contributed by atoms with Crippen molar-refractivity contribution in [1.29, 1.82) is 0 Å². The number of amides is 1. The average molecular weight is 345 g/mol. The monoisotopic (exact) mass is 345 g/mol. The van der Waals surface area contributed by atoms with Crippen LogP contribution in [0, 0.1) is 5.82 Å². The van der Waals surface area contributed by atoms with Crippen LogP contribution in [0.25, 0.3) is 0 Å². The molecular weight excluding hydrogens is 325 g/mol. The van der Waals surface area contributed by atoms with Gasteiger partial charge < -0.3 is 14.8 Å². The van der Waals surface area contributed by atoms with E-state index in [1.807, 2.05) is 0 Å². The normalized spacial score (nSPS) is 10.2. The molecule has 0 unspecified atom stereocenters. The van der Waals surface area contributed by atoms with Crippen molar-refractivity contribution in [3.05, 3.63) is 59.9 Å². The van der Waals surface area contributed by atoms with Gasteiger partial charge in [0.2, 0.25) is 5.91 Å². The number of hydrogen-bond acceptors (Lipinski definition) is 4. The molecule has 0 heterocycles. The van der Waals surface area contributed by atoms with Crippen LogP contribution in [0.2, 0.25) is 0 Å². The van der Waals surface area contributed by atoms with E-state index < -0.39 is 0 Å². The number of hydrogen-bond donors (Lipinski definition) is 1. The van der Waals surface area contributed by atoms with E-state index in [-0.39, 0.29) is 30.7 Å². The van der Waals surface area contributed by atoms with Crippen LogP contribution in [0.4, 0.5) is 10.1 Å². The van der Waals surface area contributed by atoms with E-state index in [1.165, 1.54) is 19.1 Å². The maximum atomic E-state index is 12.7. The molecule has 0 aliphatic rings. The lowest BCUT2D eigenvalue weighted by atomic mass is 10.1. The summed E-state index contributed by atoms with van der Waals surface area (Å²) in [6.07, 6.45) is 0.712. The van der Waals surface area contributed by atoms with Crippen molar-refractivity contribution >= 4 is 17.6 Å². The molecule has 2 aromatic rings. The van der Waals surface area contributed by atoms with Gasteiger partial charge in [0.05, 0.1) is 19.6 Å². The molecule has 0 atom stereocenters. The van der Waals surface area contributed by atoms with Crippen LogP contribution < -0.4 is 10.1 Å². The third-order valence-corrected chi connectivity index (χ3v) is 3.26. The van der Waals surface area contributed by atoms with Crippen molar-refractivity contribution in [2.24, 2.45) is 0 Å². The van der Waals surface area contributed by atoms with E-state index in [4.69, 9.17) is 9.47 Å². The first-order valence-corrected chi connectivity index (χ1v) is 7.93. The molecule has 0 radical (unpaired) electrons. The summed E-state index contributed by atoms with van der Waals surface area (Å²) < 4.78 is 23.3. The molecule has 1 amide bonds. The van der Waals surface area contributed by atoms with Crippen molar-refractivity contribution in [1.82, 2.24) is 0 Å². The van der Waals surface area contributed by atoms with E-state index in [0.29, 0.717) is 24.5 Å². The Morgan fingerprint density at radius 1 is 1.00 bits per heavy atom. The third kappa shape index (κ3) is 7.03. The number of esters is 1. The molecule has 0 aromatic heterocycles. The second-order valence-corrected chi connectivity index (χ2v) is 5.43. The van der Waals surface area contributed by atoms with Gasteiger partial charge in [-0.3, -0.25) is 9.59 Å². The van der Waals surface area contributed by atoms with Crippen molar-refractivity contribution in [2.45, 2.75) is 19.8 Å². The first-order chi connectivity index (χ1) is 12.0. The predicted molar refractivity (Wildman–Crippen MR) is 91.9 cm³/mol. The molecule has 0 aliphatic carbocycles. The highest BCUT2D eigenvalue weighted by Gasteiger charge is 2.05. The Hall–Kier alpha value is -2.89. The second kappa shape index (κ2) is 9.42. The van der Waals surface area contributed by atoms with E-state index in [0.717, 1.165) is 5.56 Å². The van der Waals surface area contributed by atoms with Gasteiger partial charge in [-0.15, -0.1) is 0 Å². The van der Waals surface area contributed by atoms with Gasteiger partial charge in [0.1, 0.15) is 11.6 Å². The summed E-state index contributed by atoms with van der Waals surface area (Å²) in [7, 11) is 0. The van der Waals surface area contributed by atoms with Gasteiger partial charge in [0, 0.05) is 19.0 Å². The van der Waals surface area contributed by atoms with Gasteiger partial charge in [0.15, 0.2) is 0 Å². The molecule has 2 rings (SSSR count). The van der Waals surface area contributed by atoms with Gasteiger partial charge in [-0.1, -0.05) is 12.1 Å². The van der Waals surface area contributed by atoms with Gasteiger partial charge in [0.25, 0.3) is 0 Å². The first kappa shape index (κ1) is 18.4. The van der Waals surface area contributed by atoms with Gasteiger partial charge in [-0.25, -0.2) is 4.39 Å². The lowest BCUT2D eigenvalue weighted by molar-refractivity contribution is -0.143. The van der Waals surface area contributed by atoms with Crippen molar-refractivity contribution < 1.29 is 23.5 Å². The van der Waals surface area contributed by atoms with E-state index >= 15 is 0 Å². The van der Waals surface area contributed by atoms with Gasteiger partial charge in [-0.2, -0.15) is 0 Å². The molecule has 0 aliphatic heterocycles. The highest BCUT2D eigenvalue weighted by atomic mass is 19.1. The maximum Gasteiger partial charge on any atom is 0.310 e. The Morgan fingerprint density at radius 3 is 2.32 bits per heavy atom. The van der Waals surface area contributed by atoms with Crippen LogP contribution in [-0.2, 0) is 20.7 Å². The topological polar surface area (TPSA) is 64.6 Å². The Kier molecular flexibility index (Phi) is 6.95. The molecule has 6 heteroatoms. The molecule has 0 fully saturated rings. The minimum Gasteiger partial charge on any atom is -0.493 e. The standard InChI is InChI=1S/C19H20FNO4/c1-14(22)21-17-7-3-15(4-8-17)13-19(23)25-12-2-11-24-18-9-5-16(20)6-10-18/h3-10H,2,11-13H2,1H3,(H,21,22). The van der Waals surface area contributed by atoms with Gasteiger partial charge in [-0.05, 0) is 42.0 Å². The van der Waals surface area contributed by atoms with Crippen molar-refractivity contribution in [3.63, 3.8) is 0 Å². The fraction of sp³-hybridized carbons (Fsp3) is 0.263. The summed E-state index contributed by atoms with van der Waals surface area (Å²) in [5.74, 6) is -0.206. The molecule has 132 valence electrons. The summed E-state index contributed by atoms with van der Waals surface area (Å²) in [5, 5.41) is 2.66. The fourth-order valence-electron chi connectivity index (χ4n) is 2.09. The molecule has 2 aromatic carbocycles. The molecule has 25 heavy (non-hydrogen) atoms. The molecule has 1 N–H and O–H groups in total. The Labute approximate surface area is 145 Å². The Bertz CT molecular complexity index is 698. The zero-order valence-electron chi connectivity index (χ0n) is 14.0. The van der Waals surface area contributed by atoms with Crippen LogP contribution in [-0.4, -0.2) is 25.1 Å². The number of carbonyl (C=O) groups is 2. The van der Waals surface area contributed by atoms with Crippen LogP contribution in [0.3, 0.4) is 0 Å². The third-order valence-electron chi connectivity index (χ3n) is 3.26. The quantitative estimate of drug-likeness (QED) is 0.589. The van der Waals surface area contributed by atoms with Crippen molar-refractivity contribution in [2.75, 3.05) is 18.5 Å². The largest absolute Gasteiger partial charge is 0.493 e. The molecule has 0 spiro atoms. The minimum atomic E-state index is -0.325. The Balaban J connectivity index is 1.63. The number of carbonyl (C=O) groups excluding carboxylic acids is 2. The number of anilines is 1. The first-order valence-electron chi connectivity index (χ1n) is 7.93. The molecule has 0 bridgehead atoms. The predicted octanol–water partition coefficient (Wildman–Crippen LogP) is 3.34. The highest BCUT2D eigenvalue weighted by molar-refractivity contribution is 5.88. The summed E-state index contributed by atoms with van der Waals surface area (Å²) in [6.45, 7) is 2.07. The zero-order chi connectivity index (χ0) is 18.1. The number of halogens is 1. The lowest BCUT2D eigenvalue weighted by Gasteiger charge is -2.08. The second-order valence-electron chi connectivity index (χ2n) is 5.43. The van der Waals surface area contributed by atoms with Crippen LogP contribution in [0.1, 0.15) is 18.9 Å². The summed E-state index contributed by atoms with van der Waals surface area (Å²) >= 11 is 0. The number of ether oxygens (including phenoxy) is 2. The van der Waals surface area contributed by atoms with E-state index in [1.54, 1.807) is 36.4 Å². The minimum absolute atomic E-state index is 0.144. The number of benzene rings is 2.